The molecule has 0 saturated heterocycles. The van der Waals surface area contributed by atoms with Gasteiger partial charge in [-0.1, -0.05) is 71.4 Å². The molecule has 4 aromatic rings. The Kier molecular flexibility index (Phi) is 7.42. The number of benzene rings is 3. The average molecular weight is 500 g/mol. The number of carbonyl (C=O) groups is 1. The van der Waals surface area contributed by atoms with E-state index in [1.54, 1.807) is 18.2 Å². The normalized spacial score (nSPS) is 12.0. The Hall–Kier alpha value is -2.74. The van der Waals surface area contributed by atoms with Crippen molar-refractivity contribution >= 4 is 63.0 Å². The van der Waals surface area contributed by atoms with Gasteiger partial charge in [-0.05, 0) is 43.5 Å². The monoisotopic (exact) mass is 499 g/mol. The number of hydrogen-bond acceptors (Lipinski definition) is 5. The molecule has 6 nitrogen and oxygen atoms in total. The number of carbonyl (C=O) groups excluding carboxylic acids is 1. The summed E-state index contributed by atoms with van der Waals surface area (Å²) in [6.45, 7) is 4.99. The molecule has 0 bridgehead atoms. The predicted octanol–water partition coefficient (Wildman–Crippen LogP) is 6.49. The largest absolute Gasteiger partial charge is 0.376 e. The first kappa shape index (κ1) is 23.4. The van der Waals surface area contributed by atoms with Gasteiger partial charge in [0.05, 0.1) is 22.5 Å². The van der Waals surface area contributed by atoms with Crippen LogP contribution >= 0.6 is 35.0 Å². The van der Waals surface area contributed by atoms with E-state index in [4.69, 9.17) is 23.2 Å². The zero-order valence-corrected chi connectivity index (χ0v) is 20.5. The van der Waals surface area contributed by atoms with E-state index < -0.39 is 0 Å². The number of halogens is 2. The summed E-state index contributed by atoms with van der Waals surface area (Å²) in [6, 6.07) is 19.1. The number of hydrogen-bond donors (Lipinski definition) is 2. The van der Waals surface area contributed by atoms with Crippen LogP contribution in [-0.2, 0) is 17.9 Å². The lowest BCUT2D eigenvalue weighted by atomic mass is 10.1. The van der Waals surface area contributed by atoms with Crippen LogP contribution in [0.1, 0.15) is 19.7 Å². The highest BCUT2D eigenvalue weighted by molar-refractivity contribution is 8.00. The molecule has 0 radical (unpaired) electrons. The molecule has 170 valence electrons. The molecule has 9 heteroatoms. The van der Waals surface area contributed by atoms with E-state index in [2.05, 4.69) is 20.8 Å². The standard InChI is InChI=1S/C24H23Cl2N5OS/c1-3-31-22(14-27-21-13-17(25)11-12-19(21)26)29-30-24(31)33-15(2)23(32)28-20-10-6-8-16-7-4-5-9-18(16)20/h4-13,15,27H,3,14H2,1-2H3,(H,28,32)/t15-/m1/s1. The number of fused-ring (bicyclic) bond motifs is 1. The summed E-state index contributed by atoms with van der Waals surface area (Å²) in [6.07, 6.45) is 0. The summed E-state index contributed by atoms with van der Waals surface area (Å²) in [5, 5.41) is 18.5. The van der Waals surface area contributed by atoms with Gasteiger partial charge in [-0.3, -0.25) is 4.79 Å². The van der Waals surface area contributed by atoms with Crippen LogP contribution in [0.2, 0.25) is 10.0 Å². The van der Waals surface area contributed by atoms with Crippen molar-refractivity contribution in [2.45, 2.75) is 37.3 Å². The maximum atomic E-state index is 12.9. The maximum absolute atomic E-state index is 12.9. The van der Waals surface area contributed by atoms with Crippen LogP contribution in [0, 0.1) is 0 Å². The zero-order chi connectivity index (χ0) is 23.4. The fraction of sp³-hybridized carbons (Fsp3) is 0.208. The first-order valence-electron chi connectivity index (χ1n) is 10.5. The molecule has 33 heavy (non-hydrogen) atoms. The van der Waals surface area contributed by atoms with E-state index in [0.717, 1.165) is 28.0 Å². The summed E-state index contributed by atoms with van der Waals surface area (Å²) in [5.74, 6) is 0.657. The van der Waals surface area contributed by atoms with Crippen molar-refractivity contribution in [3.8, 4) is 0 Å². The van der Waals surface area contributed by atoms with Crippen molar-refractivity contribution in [2.75, 3.05) is 10.6 Å². The second-order valence-corrected chi connectivity index (χ2v) is 9.55. The molecule has 3 aromatic carbocycles. The van der Waals surface area contributed by atoms with Gasteiger partial charge in [-0.25, -0.2) is 0 Å². The predicted molar refractivity (Wildman–Crippen MR) is 137 cm³/mol. The van der Waals surface area contributed by atoms with Crippen LogP contribution in [0.15, 0.2) is 65.8 Å². The van der Waals surface area contributed by atoms with Crippen LogP contribution in [0.4, 0.5) is 11.4 Å². The van der Waals surface area contributed by atoms with Gasteiger partial charge in [0.1, 0.15) is 0 Å². The number of aromatic nitrogens is 3. The summed E-state index contributed by atoms with van der Waals surface area (Å²) in [4.78, 5) is 12.9. The van der Waals surface area contributed by atoms with Gasteiger partial charge in [0.25, 0.3) is 0 Å². The first-order valence-corrected chi connectivity index (χ1v) is 12.2. The van der Waals surface area contributed by atoms with Crippen molar-refractivity contribution in [1.82, 2.24) is 14.8 Å². The van der Waals surface area contributed by atoms with Crippen LogP contribution in [0.3, 0.4) is 0 Å². The highest BCUT2D eigenvalue weighted by atomic mass is 35.5. The lowest BCUT2D eigenvalue weighted by Gasteiger charge is -2.14. The number of rotatable bonds is 8. The van der Waals surface area contributed by atoms with E-state index in [1.165, 1.54) is 11.8 Å². The first-order chi connectivity index (χ1) is 16.0. The quantitative estimate of drug-likeness (QED) is 0.271. The molecule has 1 aromatic heterocycles. The van der Waals surface area contributed by atoms with Gasteiger partial charge in [0, 0.05) is 22.6 Å². The van der Waals surface area contributed by atoms with Crippen LogP contribution in [-0.4, -0.2) is 25.9 Å². The lowest BCUT2D eigenvalue weighted by molar-refractivity contribution is -0.115. The Morgan fingerprint density at radius 1 is 1.06 bits per heavy atom. The van der Waals surface area contributed by atoms with E-state index in [1.807, 2.05) is 60.9 Å². The number of nitrogens with zero attached hydrogens (tertiary/aromatic N) is 3. The highest BCUT2D eigenvalue weighted by Gasteiger charge is 2.20. The SMILES string of the molecule is CCn1c(CNc2cc(Cl)ccc2Cl)nnc1S[C@H](C)C(=O)Nc1cccc2ccccc12. The average Bonchev–Trinajstić information content (AvgIpc) is 3.21. The lowest BCUT2D eigenvalue weighted by Crippen LogP contribution is -2.23. The molecule has 0 aliphatic rings. The van der Waals surface area contributed by atoms with Gasteiger partial charge in [-0.2, -0.15) is 0 Å². The van der Waals surface area contributed by atoms with Gasteiger partial charge in [0.15, 0.2) is 11.0 Å². The molecule has 1 atom stereocenters. The Morgan fingerprint density at radius 3 is 2.67 bits per heavy atom. The fourth-order valence-electron chi connectivity index (χ4n) is 3.44. The highest BCUT2D eigenvalue weighted by Crippen LogP contribution is 2.28. The molecular weight excluding hydrogens is 477 g/mol. The van der Waals surface area contributed by atoms with Crippen molar-refractivity contribution in [1.29, 1.82) is 0 Å². The Balaban J connectivity index is 1.44. The molecule has 4 rings (SSSR count). The second kappa shape index (κ2) is 10.5. The zero-order valence-electron chi connectivity index (χ0n) is 18.2. The molecule has 1 heterocycles. The van der Waals surface area contributed by atoms with E-state index in [-0.39, 0.29) is 11.2 Å². The smallest absolute Gasteiger partial charge is 0.237 e. The minimum Gasteiger partial charge on any atom is -0.376 e. The fourth-order valence-corrected chi connectivity index (χ4v) is 4.73. The molecule has 0 unspecified atom stereocenters. The number of amides is 1. The molecule has 0 aliphatic heterocycles. The van der Waals surface area contributed by atoms with E-state index in [0.29, 0.717) is 28.3 Å². The third-order valence-electron chi connectivity index (χ3n) is 5.17. The summed E-state index contributed by atoms with van der Waals surface area (Å²) < 4.78 is 1.98. The summed E-state index contributed by atoms with van der Waals surface area (Å²) in [7, 11) is 0. The molecular formula is C24H23Cl2N5OS. The second-order valence-electron chi connectivity index (χ2n) is 7.40. The molecule has 0 saturated carbocycles. The summed E-state index contributed by atoms with van der Waals surface area (Å²) in [5.41, 5.74) is 1.53. The summed E-state index contributed by atoms with van der Waals surface area (Å²) >= 11 is 13.7. The van der Waals surface area contributed by atoms with Crippen LogP contribution in [0.25, 0.3) is 10.8 Å². The Morgan fingerprint density at radius 2 is 1.85 bits per heavy atom. The van der Waals surface area contributed by atoms with Gasteiger partial charge >= 0.3 is 0 Å². The Labute approximate surface area is 206 Å². The molecule has 0 aliphatic carbocycles. The third kappa shape index (κ3) is 5.43. The van der Waals surface area contributed by atoms with Crippen molar-refractivity contribution in [3.63, 3.8) is 0 Å². The minimum absolute atomic E-state index is 0.0904. The third-order valence-corrected chi connectivity index (χ3v) is 6.82. The van der Waals surface area contributed by atoms with Crippen LogP contribution in [0.5, 0.6) is 0 Å². The van der Waals surface area contributed by atoms with Crippen molar-refractivity contribution < 1.29 is 4.79 Å². The van der Waals surface area contributed by atoms with Gasteiger partial charge in [-0.15, -0.1) is 10.2 Å². The number of thioether (sulfide) groups is 1. The van der Waals surface area contributed by atoms with Crippen LogP contribution < -0.4 is 10.6 Å². The minimum atomic E-state index is -0.360. The molecule has 1 amide bonds. The topological polar surface area (TPSA) is 71.8 Å². The number of anilines is 2. The van der Waals surface area contributed by atoms with Crippen molar-refractivity contribution in [3.05, 3.63) is 76.5 Å². The molecule has 2 N–H and O–H groups in total. The van der Waals surface area contributed by atoms with E-state index >= 15 is 0 Å². The van der Waals surface area contributed by atoms with Crippen molar-refractivity contribution in [2.24, 2.45) is 0 Å². The van der Waals surface area contributed by atoms with E-state index in [9.17, 15) is 4.79 Å². The maximum Gasteiger partial charge on any atom is 0.237 e. The molecule has 0 spiro atoms. The Bertz CT molecular complexity index is 1290. The molecule has 0 fully saturated rings. The van der Waals surface area contributed by atoms with Gasteiger partial charge in [0.2, 0.25) is 5.91 Å². The van der Waals surface area contributed by atoms with Gasteiger partial charge < -0.3 is 15.2 Å². The number of nitrogens with one attached hydrogen (secondary N) is 2.